The number of anilines is 1. The van der Waals surface area contributed by atoms with Crippen LogP contribution >= 0.6 is 24.0 Å². The van der Waals surface area contributed by atoms with Crippen LogP contribution in [0.25, 0.3) is 0 Å². The highest BCUT2D eigenvalue weighted by Crippen LogP contribution is 2.27. The van der Waals surface area contributed by atoms with Gasteiger partial charge in [-0.15, -0.1) is 24.0 Å². The second-order valence-corrected chi connectivity index (χ2v) is 6.66. The number of likely N-dealkylation sites (N-methyl/N-ethyl adjacent to an activating group) is 1. The van der Waals surface area contributed by atoms with Crippen LogP contribution in [0.3, 0.4) is 0 Å². The molecule has 0 saturated heterocycles. The fourth-order valence-electron chi connectivity index (χ4n) is 3.05. The van der Waals surface area contributed by atoms with Gasteiger partial charge in [0.1, 0.15) is 5.75 Å². The van der Waals surface area contributed by atoms with E-state index in [2.05, 4.69) is 39.5 Å². The van der Waals surface area contributed by atoms with E-state index >= 15 is 0 Å². The molecule has 0 aromatic heterocycles. The second-order valence-electron chi connectivity index (χ2n) is 6.66. The van der Waals surface area contributed by atoms with Gasteiger partial charge in [-0.25, -0.2) is 0 Å². The zero-order chi connectivity index (χ0) is 19.2. The number of hydrogen-bond donors (Lipinski definition) is 1. The zero-order valence-electron chi connectivity index (χ0n) is 16.5. The number of hydrogen-bond acceptors (Lipinski definition) is 3. The summed E-state index contributed by atoms with van der Waals surface area (Å²) in [7, 11) is 5.23. The molecule has 28 heavy (non-hydrogen) atoms. The zero-order valence-corrected chi connectivity index (χ0v) is 18.8. The fourth-order valence-corrected chi connectivity index (χ4v) is 3.05. The Balaban J connectivity index is 0.00000280. The van der Waals surface area contributed by atoms with Crippen LogP contribution in [0.4, 0.5) is 5.69 Å². The number of ether oxygens (including phenoxy) is 1. The van der Waals surface area contributed by atoms with Gasteiger partial charge < -0.3 is 19.9 Å². The van der Waals surface area contributed by atoms with Crippen LogP contribution in [0.15, 0.2) is 53.5 Å². The first-order valence-corrected chi connectivity index (χ1v) is 9.06. The van der Waals surface area contributed by atoms with Crippen LogP contribution in [0.5, 0.6) is 5.75 Å². The van der Waals surface area contributed by atoms with Crippen LogP contribution in [0.1, 0.15) is 11.1 Å². The third-order valence-electron chi connectivity index (χ3n) is 4.56. The highest BCUT2D eigenvalue weighted by Gasteiger charge is 2.22. The van der Waals surface area contributed by atoms with Crippen LogP contribution in [-0.2, 0) is 17.8 Å². The van der Waals surface area contributed by atoms with E-state index in [1.807, 2.05) is 24.3 Å². The Morgan fingerprint density at radius 3 is 2.75 bits per heavy atom. The molecule has 0 aliphatic carbocycles. The summed E-state index contributed by atoms with van der Waals surface area (Å²) >= 11 is 0. The maximum atomic E-state index is 11.7. The van der Waals surface area contributed by atoms with Crippen molar-refractivity contribution in [2.24, 2.45) is 4.99 Å². The number of para-hydroxylation sites is 1. The summed E-state index contributed by atoms with van der Waals surface area (Å²) < 4.78 is 5.59. The smallest absolute Gasteiger partial charge is 0.259 e. The molecular formula is C21H27IN4O2. The van der Waals surface area contributed by atoms with Gasteiger partial charge in [0.25, 0.3) is 5.91 Å². The molecule has 7 heteroatoms. The van der Waals surface area contributed by atoms with Crippen molar-refractivity contribution in [1.82, 2.24) is 10.2 Å². The molecule has 0 fully saturated rings. The number of amides is 1. The standard InChI is InChI=1S/C21H26N4O2.HI/c1-22-21(25-12-11-17-8-4-5-10-19(17)25)23-14-16-7-6-9-18(13-16)27-15-20(26)24(2)3;/h4-10,13H,11-12,14-15H2,1-3H3,(H,22,23);1H. The lowest BCUT2D eigenvalue weighted by Gasteiger charge is -2.22. The van der Waals surface area contributed by atoms with Gasteiger partial charge in [0.05, 0.1) is 0 Å². The third-order valence-corrected chi connectivity index (χ3v) is 4.56. The van der Waals surface area contributed by atoms with E-state index in [-0.39, 0.29) is 36.5 Å². The van der Waals surface area contributed by atoms with Crippen molar-refractivity contribution in [3.63, 3.8) is 0 Å². The maximum Gasteiger partial charge on any atom is 0.259 e. The van der Waals surface area contributed by atoms with Gasteiger partial charge in [-0.3, -0.25) is 9.79 Å². The van der Waals surface area contributed by atoms with E-state index in [1.54, 1.807) is 21.1 Å². The quantitative estimate of drug-likeness (QED) is 0.395. The van der Waals surface area contributed by atoms with Crippen LogP contribution in [-0.4, -0.2) is 51.1 Å². The number of carbonyl (C=O) groups is 1. The van der Waals surface area contributed by atoms with E-state index < -0.39 is 0 Å². The molecular weight excluding hydrogens is 467 g/mol. The highest BCUT2D eigenvalue weighted by molar-refractivity contribution is 14.0. The van der Waals surface area contributed by atoms with Crippen LogP contribution in [0, 0.1) is 0 Å². The van der Waals surface area contributed by atoms with Crippen molar-refractivity contribution >= 4 is 41.5 Å². The average molecular weight is 494 g/mol. The van der Waals surface area contributed by atoms with Gasteiger partial charge in [-0.2, -0.15) is 0 Å². The van der Waals surface area contributed by atoms with E-state index in [0.717, 1.165) is 24.5 Å². The topological polar surface area (TPSA) is 57.2 Å². The third kappa shape index (κ3) is 5.37. The summed E-state index contributed by atoms with van der Waals surface area (Å²) in [6.45, 7) is 1.59. The number of guanidine groups is 1. The average Bonchev–Trinajstić information content (AvgIpc) is 3.11. The SMILES string of the molecule is CN=C(NCc1cccc(OCC(=O)N(C)C)c1)N1CCc2ccccc21.I. The Labute approximate surface area is 183 Å². The number of benzene rings is 2. The number of halogens is 1. The first-order chi connectivity index (χ1) is 13.1. The lowest BCUT2D eigenvalue weighted by molar-refractivity contribution is -0.130. The second kappa shape index (κ2) is 10.3. The molecule has 0 bridgehead atoms. The van der Waals surface area contributed by atoms with Gasteiger partial charge in [0.2, 0.25) is 0 Å². The van der Waals surface area contributed by atoms with E-state index in [4.69, 9.17) is 4.74 Å². The molecule has 1 heterocycles. The maximum absolute atomic E-state index is 11.7. The Morgan fingerprint density at radius 2 is 2.00 bits per heavy atom. The predicted molar refractivity (Wildman–Crippen MR) is 124 cm³/mol. The Kier molecular flexibility index (Phi) is 8.10. The molecule has 1 aliphatic rings. The number of nitrogens with zero attached hydrogens (tertiary/aromatic N) is 3. The molecule has 1 aliphatic heterocycles. The molecule has 150 valence electrons. The molecule has 2 aromatic rings. The fraction of sp³-hybridized carbons (Fsp3) is 0.333. The first kappa shape index (κ1) is 22.0. The lowest BCUT2D eigenvalue weighted by atomic mass is 10.2. The van der Waals surface area contributed by atoms with Crippen molar-refractivity contribution in [1.29, 1.82) is 0 Å². The van der Waals surface area contributed by atoms with E-state index in [9.17, 15) is 4.79 Å². The minimum atomic E-state index is -0.0633. The monoisotopic (exact) mass is 494 g/mol. The van der Waals surface area contributed by atoms with Gasteiger partial charge in [0, 0.05) is 39.9 Å². The van der Waals surface area contributed by atoms with Gasteiger partial charge >= 0.3 is 0 Å². The van der Waals surface area contributed by atoms with Crippen molar-refractivity contribution in [3.05, 3.63) is 59.7 Å². The molecule has 0 saturated carbocycles. The summed E-state index contributed by atoms with van der Waals surface area (Å²) in [6.07, 6.45) is 1.03. The van der Waals surface area contributed by atoms with Crippen molar-refractivity contribution in [3.8, 4) is 5.75 Å². The van der Waals surface area contributed by atoms with Gasteiger partial charge in [0.15, 0.2) is 12.6 Å². The van der Waals surface area contributed by atoms with Crippen molar-refractivity contribution in [2.45, 2.75) is 13.0 Å². The lowest BCUT2D eigenvalue weighted by Crippen LogP contribution is -2.40. The first-order valence-electron chi connectivity index (χ1n) is 9.06. The van der Waals surface area contributed by atoms with E-state index in [0.29, 0.717) is 12.3 Å². The Hall–Kier alpha value is -2.29. The summed E-state index contributed by atoms with van der Waals surface area (Å²) in [5.41, 5.74) is 3.63. The summed E-state index contributed by atoms with van der Waals surface area (Å²) in [5.74, 6) is 1.48. The van der Waals surface area contributed by atoms with Gasteiger partial charge in [-0.05, 0) is 35.7 Å². The Morgan fingerprint density at radius 1 is 1.21 bits per heavy atom. The molecule has 3 rings (SSSR count). The Bertz CT molecular complexity index is 839. The molecule has 0 spiro atoms. The van der Waals surface area contributed by atoms with Crippen LogP contribution < -0.4 is 15.0 Å². The largest absolute Gasteiger partial charge is 0.484 e. The molecule has 1 N–H and O–H groups in total. The number of rotatable bonds is 5. The number of carbonyl (C=O) groups excluding carboxylic acids is 1. The molecule has 0 radical (unpaired) electrons. The van der Waals surface area contributed by atoms with E-state index in [1.165, 1.54) is 16.2 Å². The molecule has 6 nitrogen and oxygen atoms in total. The summed E-state index contributed by atoms with van der Waals surface area (Å²) in [6, 6.07) is 16.2. The minimum Gasteiger partial charge on any atom is -0.484 e. The summed E-state index contributed by atoms with van der Waals surface area (Å²) in [5, 5.41) is 3.42. The highest BCUT2D eigenvalue weighted by atomic mass is 127. The van der Waals surface area contributed by atoms with Gasteiger partial charge in [-0.1, -0.05) is 30.3 Å². The molecule has 0 unspecified atom stereocenters. The van der Waals surface area contributed by atoms with Crippen molar-refractivity contribution in [2.75, 3.05) is 39.2 Å². The number of fused-ring (bicyclic) bond motifs is 1. The molecule has 0 atom stereocenters. The predicted octanol–water partition coefficient (Wildman–Crippen LogP) is 2.91. The summed E-state index contributed by atoms with van der Waals surface area (Å²) in [4.78, 5) is 19.8. The molecule has 1 amide bonds. The normalized spacial score (nSPS) is 12.8. The van der Waals surface area contributed by atoms with Crippen LogP contribution in [0.2, 0.25) is 0 Å². The minimum absolute atomic E-state index is 0. The number of aliphatic imine (C=N–C) groups is 1. The van der Waals surface area contributed by atoms with Crippen molar-refractivity contribution < 1.29 is 9.53 Å². The number of nitrogens with one attached hydrogen (secondary N) is 1. The molecule has 2 aromatic carbocycles.